The molecule has 0 aliphatic heterocycles. The monoisotopic (exact) mass is 313 g/mol. The molecule has 0 spiro atoms. The molecule has 1 unspecified atom stereocenters. The van der Waals surface area contributed by atoms with E-state index in [1.165, 1.54) is 0 Å². The first-order valence-electron chi connectivity index (χ1n) is 7.59. The Morgan fingerprint density at radius 2 is 2.17 bits per heavy atom. The van der Waals surface area contributed by atoms with Crippen molar-refractivity contribution in [1.82, 2.24) is 19.9 Å². The second-order valence-corrected chi connectivity index (χ2v) is 5.67. The van der Waals surface area contributed by atoms with E-state index in [1.54, 1.807) is 25.3 Å². The largest absolute Gasteiger partial charge is 0.360 e. The first-order chi connectivity index (χ1) is 11.0. The van der Waals surface area contributed by atoms with Crippen molar-refractivity contribution in [3.05, 3.63) is 35.3 Å². The highest BCUT2D eigenvalue weighted by molar-refractivity contribution is 6.11. The van der Waals surface area contributed by atoms with Crippen molar-refractivity contribution in [2.24, 2.45) is 0 Å². The van der Waals surface area contributed by atoms with Crippen LogP contribution in [-0.4, -0.2) is 25.8 Å². The summed E-state index contributed by atoms with van der Waals surface area (Å²) >= 11 is 0. The Morgan fingerprint density at radius 3 is 2.83 bits per heavy atom. The van der Waals surface area contributed by atoms with Crippen LogP contribution in [-0.2, 0) is 0 Å². The molecule has 0 saturated carbocycles. The lowest BCUT2D eigenvalue weighted by molar-refractivity contribution is 0.102. The minimum absolute atomic E-state index is 0.218. The van der Waals surface area contributed by atoms with Crippen LogP contribution >= 0.6 is 0 Å². The molecular formula is C16H19N5O2. The molecule has 1 N–H and O–H groups in total. The number of hydrogen-bond acceptors (Lipinski definition) is 5. The van der Waals surface area contributed by atoms with Crippen LogP contribution in [0, 0.1) is 13.8 Å². The molecule has 0 fully saturated rings. The van der Waals surface area contributed by atoms with E-state index in [0.29, 0.717) is 17.1 Å². The van der Waals surface area contributed by atoms with Gasteiger partial charge in [0.2, 0.25) is 0 Å². The molecular weight excluding hydrogens is 294 g/mol. The average molecular weight is 313 g/mol. The molecule has 0 bridgehead atoms. The van der Waals surface area contributed by atoms with E-state index >= 15 is 0 Å². The fraction of sp³-hybridized carbons (Fsp3) is 0.375. The number of hydrogen-bond donors (Lipinski definition) is 1. The Labute approximate surface area is 133 Å². The predicted molar refractivity (Wildman–Crippen MR) is 86.5 cm³/mol. The summed E-state index contributed by atoms with van der Waals surface area (Å²) in [5.41, 5.74) is 2.02. The minimum Gasteiger partial charge on any atom is -0.360 e. The van der Waals surface area contributed by atoms with Gasteiger partial charge >= 0.3 is 0 Å². The summed E-state index contributed by atoms with van der Waals surface area (Å²) in [5, 5.41) is 11.7. The van der Waals surface area contributed by atoms with Gasteiger partial charge in [0.25, 0.3) is 5.91 Å². The molecule has 0 saturated heterocycles. The van der Waals surface area contributed by atoms with Crippen molar-refractivity contribution in [1.29, 1.82) is 0 Å². The number of carbonyl (C=O) groups is 1. The first-order valence-corrected chi connectivity index (χ1v) is 7.59. The molecule has 23 heavy (non-hydrogen) atoms. The van der Waals surface area contributed by atoms with Crippen LogP contribution in [0.1, 0.15) is 48.1 Å². The second kappa shape index (κ2) is 5.83. The van der Waals surface area contributed by atoms with Crippen molar-refractivity contribution in [2.45, 2.75) is 40.2 Å². The maximum atomic E-state index is 12.6. The van der Waals surface area contributed by atoms with Crippen molar-refractivity contribution in [3.63, 3.8) is 0 Å². The van der Waals surface area contributed by atoms with Crippen LogP contribution in [0.5, 0.6) is 0 Å². The summed E-state index contributed by atoms with van der Waals surface area (Å²) in [5.74, 6) is 0.780. The third kappa shape index (κ3) is 2.81. The van der Waals surface area contributed by atoms with E-state index in [0.717, 1.165) is 23.1 Å². The Balaban J connectivity index is 2.03. The highest BCUT2D eigenvalue weighted by Crippen LogP contribution is 2.23. The third-order valence-electron chi connectivity index (χ3n) is 3.82. The summed E-state index contributed by atoms with van der Waals surface area (Å²) in [7, 11) is 0. The number of carbonyl (C=O) groups excluding carboxylic acids is 1. The van der Waals surface area contributed by atoms with Crippen LogP contribution in [0.15, 0.2) is 22.9 Å². The summed E-state index contributed by atoms with van der Waals surface area (Å²) in [6.07, 6.45) is 2.63. The zero-order valence-electron chi connectivity index (χ0n) is 13.6. The van der Waals surface area contributed by atoms with Gasteiger partial charge in [-0.15, -0.1) is 0 Å². The lowest BCUT2D eigenvalue weighted by Gasteiger charge is -2.11. The SMILES string of the molecule is CCC(C)n1ncc2c(C(=O)Nc3cc(C)on3)cc(C)nc21. The number of pyridine rings is 1. The number of nitrogens with one attached hydrogen (secondary N) is 1. The van der Waals surface area contributed by atoms with Crippen LogP contribution in [0.2, 0.25) is 0 Å². The third-order valence-corrected chi connectivity index (χ3v) is 3.82. The van der Waals surface area contributed by atoms with Crippen molar-refractivity contribution >= 4 is 22.8 Å². The molecule has 3 aromatic rings. The topological polar surface area (TPSA) is 85.8 Å². The number of aryl methyl sites for hydroxylation is 2. The molecule has 3 aromatic heterocycles. The van der Waals surface area contributed by atoms with Crippen molar-refractivity contribution in [3.8, 4) is 0 Å². The lowest BCUT2D eigenvalue weighted by atomic mass is 10.1. The predicted octanol–water partition coefficient (Wildman–Crippen LogP) is 3.26. The quantitative estimate of drug-likeness (QED) is 0.799. The Hall–Kier alpha value is -2.70. The summed E-state index contributed by atoms with van der Waals surface area (Å²) < 4.78 is 6.83. The lowest BCUT2D eigenvalue weighted by Crippen LogP contribution is -2.14. The Bertz CT molecular complexity index is 865. The Kier molecular flexibility index (Phi) is 3.85. The van der Waals surface area contributed by atoms with Crippen molar-refractivity contribution in [2.75, 3.05) is 5.32 Å². The van der Waals surface area contributed by atoms with E-state index in [9.17, 15) is 4.79 Å². The van der Waals surface area contributed by atoms with Gasteiger partial charge in [-0.2, -0.15) is 5.10 Å². The van der Waals surface area contributed by atoms with Crippen LogP contribution < -0.4 is 5.32 Å². The number of amides is 1. The highest BCUT2D eigenvalue weighted by Gasteiger charge is 2.18. The second-order valence-electron chi connectivity index (χ2n) is 5.67. The molecule has 0 radical (unpaired) electrons. The zero-order valence-corrected chi connectivity index (χ0v) is 13.6. The average Bonchev–Trinajstić information content (AvgIpc) is 3.11. The smallest absolute Gasteiger partial charge is 0.257 e. The van der Waals surface area contributed by atoms with E-state index in [1.807, 2.05) is 11.6 Å². The normalized spacial score (nSPS) is 12.5. The van der Waals surface area contributed by atoms with E-state index in [-0.39, 0.29) is 11.9 Å². The molecule has 1 atom stereocenters. The standard InChI is InChI=1S/C16H19N5O2/c1-5-10(3)21-15-13(8-17-21)12(6-9(2)18-15)16(22)19-14-7-11(4)23-20-14/h6-8,10H,5H2,1-4H3,(H,19,20,22). The maximum absolute atomic E-state index is 12.6. The number of nitrogens with zero attached hydrogens (tertiary/aromatic N) is 4. The molecule has 120 valence electrons. The van der Waals surface area contributed by atoms with E-state index in [4.69, 9.17) is 4.52 Å². The van der Waals surface area contributed by atoms with Crippen LogP contribution in [0.3, 0.4) is 0 Å². The number of aromatic nitrogens is 4. The summed E-state index contributed by atoms with van der Waals surface area (Å²) in [6, 6.07) is 3.65. The summed E-state index contributed by atoms with van der Waals surface area (Å²) in [4.78, 5) is 17.1. The fourth-order valence-electron chi connectivity index (χ4n) is 2.44. The molecule has 0 aromatic carbocycles. The van der Waals surface area contributed by atoms with Gasteiger partial charge in [-0.05, 0) is 33.3 Å². The van der Waals surface area contributed by atoms with Crippen LogP contribution in [0.4, 0.5) is 5.82 Å². The van der Waals surface area contributed by atoms with E-state index in [2.05, 4.69) is 34.4 Å². The molecule has 0 aliphatic rings. The molecule has 7 heteroatoms. The van der Waals surface area contributed by atoms with Gasteiger partial charge in [0, 0.05) is 11.8 Å². The first kappa shape index (κ1) is 15.2. The maximum Gasteiger partial charge on any atom is 0.257 e. The number of fused-ring (bicyclic) bond motifs is 1. The van der Waals surface area contributed by atoms with Crippen molar-refractivity contribution < 1.29 is 9.32 Å². The summed E-state index contributed by atoms with van der Waals surface area (Å²) in [6.45, 7) is 7.81. The van der Waals surface area contributed by atoms with Gasteiger partial charge in [0.15, 0.2) is 11.5 Å². The van der Waals surface area contributed by atoms with Crippen LogP contribution in [0.25, 0.3) is 11.0 Å². The Morgan fingerprint density at radius 1 is 1.39 bits per heavy atom. The molecule has 3 rings (SSSR count). The molecule has 0 aliphatic carbocycles. The highest BCUT2D eigenvalue weighted by atomic mass is 16.5. The van der Waals surface area contributed by atoms with Gasteiger partial charge in [-0.3, -0.25) is 4.79 Å². The van der Waals surface area contributed by atoms with E-state index < -0.39 is 0 Å². The van der Waals surface area contributed by atoms with Gasteiger partial charge in [-0.25, -0.2) is 9.67 Å². The van der Waals surface area contributed by atoms with Gasteiger partial charge in [0.05, 0.1) is 23.2 Å². The minimum atomic E-state index is -0.252. The molecule has 7 nitrogen and oxygen atoms in total. The number of rotatable bonds is 4. The fourth-order valence-corrected chi connectivity index (χ4v) is 2.44. The molecule has 3 heterocycles. The van der Waals surface area contributed by atoms with Gasteiger partial charge in [0.1, 0.15) is 5.76 Å². The zero-order chi connectivity index (χ0) is 16.6. The molecule has 1 amide bonds. The van der Waals surface area contributed by atoms with Gasteiger partial charge < -0.3 is 9.84 Å². The number of anilines is 1. The van der Waals surface area contributed by atoms with Gasteiger partial charge in [-0.1, -0.05) is 12.1 Å².